The lowest BCUT2D eigenvalue weighted by molar-refractivity contribution is 0.0989. The maximum Gasteiger partial charge on any atom is 0.297 e. The minimum Gasteiger partial charge on any atom is -0.319 e. The number of thiazole rings is 1. The Labute approximate surface area is 117 Å². The van der Waals surface area contributed by atoms with Gasteiger partial charge >= 0.3 is 0 Å². The summed E-state index contributed by atoms with van der Waals surface area (Å²) in [6, 6.07) is 6.11. The summed E-state index contributed by atoms with van der Waals surface area (Å²) < 4.78 is 17.2. The second-order valence-electron chi connectivity index (χ2n) is 4.31. The SMILES string of the molecule is Cn1nccc1C(=O)N=c1sc2cc(F)ccc2n1C. The molecule has 0 radical (unpaired) electrons. The largest absolute Gasteiger partial charge is 0.319 e. The van der Waals surface area contributed by atoms with Crippen LogP contribution in [0.3, 0.4) is 0 Å². The zero-order chi connectivity index (χ0) is 14.3. The van der Waals surface area contributed by atoms with Crippen molar-refractivity contribution in [2.45, 2.75) is 0 Å². The van der Waals surface area contributed by atoms with Crippen molar-refractivity contribution in [3.05, 3.63) is 46.8 Å². The Morgan fingerprint density at radius 1 is 1.35 bits per heavy atom. The van der Waals surface area contributed by atoms with Gasteiger partial charge < -0.3 is 4.57 Å². The van der Waals surface area contributed by atoms with Crippen molar-refractivity contribution in [2.75, 3.05) is 0 Å². The Kier molecular flexibility index (Phi) is 2.98. The summed E-state index contributed by atoms with van der Waals surface area (Å²) in [4.78, 5) is 16.7. The molecule has 3 aromatic rings. The summed E-state index contributed by atoms with van der Waals surface area (Å²) >= 11 is 1.28. The monoisotopic (exact) mass is 290 g/mol. The molecule has 102 valence electrons. The smallest absolute Gasteiger partial charge is 0.297 e. The van der Waals surface area contributed by atoms with Crippen LogP contribution in [0.2, 0.25) is 0 Å². The Morgan fingerprint density at radius 2 is 2.15 bits per heavy atom. The number of halogens is 1. The molecule has 0 unspecified atom stereocenters. The van der Waals surface area contributed by atoms with E-state index in [0.717, 1.165) is 10.2 Å². The number of aryl methyl sites for hydroxylation is 2. The summed E-state index contributed by atoms with van der Waals surface area (Å²) in [7, 11) is 3.48. The lowest BCUT2D eigenvalue weighted by Gasteiger charge is -1.96. The van der Waals surface area contributed by atoms with Crippen molar-refractivity contribution in [1.29, 1.82) is 0 Å². The molecule has 0 fully saturated rings. The lowest BCUT2D eigenvalue weighted by atomic mass is 10.3. The van der Waals surface area contributed by atoms with E-state index in [1.54, 1.807) is 37.0 Å². The Hall–Kier alpha value is -2.28. The molecule has 1 aromatic carbocycles. The van der Waals surface area contributed by atoms with Gasteiger partial charge in [0, 0.05) is 20.3 Å². The van der Waals surface area contributed by atoms with Crippen molar-refractivity contribution in [2.24, 2.45) is 19.1 Å². The first-order valence-corrected chi connectivity index (χ1v) is 6.70. The van der Waals surface area contributed by atoms with E-state index in [9.17, 15) is 9.18 Å². The van der Waals surface area contributed by atoms with Gasteiger partial charge in [0.2, 0.25) is 0 Å². The Balaban J connectivity index is 2.15. The van der Waals surface area contributed by atoms with E-state index in [4.69, 9.17) is 0 Å². The highest BCUT2D eigenvalue weighted by Crippen LogP contribution is 2.17. The molecule has 2 heterocycles. The van der Waals surface area contributed by atoms with Gasteiger partial charge in [0.05, 0.1) is 10.2 Å². The van der Waals surface area contributed by atoms with Crippen LogP contribution in [0.15, 0.2) is 35.5 Å². The summed E-state index contributed by atoms with van der Waals surface area (Å²) in [5.74, 6) is -0.670. The first-order chi connectivity index (χ1) is 9.56. The van der Waals surface area contributed by atoms with E-state index < -0.39 is 0 Å². The molecular formula is C13H11FN4OS. The van der Waals surface area contributed by atoms with E-state index >= 15 is 0 Å². The Bertz CT molecular complexity index is 874. The fourth-order valence-electron chi connectivity index (χ4n) is 1.94. The molecule has 0 N–H and O–H groups in total. The molecular weight excluding hydrogens is 279 g/mol. The third kappa shape index (κ3) is 2.05. The van der Waals surface area contributed by atoms with Gasteiger partial charge in [-0.3, -0.25) is 9.48 Å². The van der Waals surface area contributed by atoms with Crippen LogP contribution in [0.25, 0.3) is 10.2 Å². The van der Waals surface area contributed by atoms with Gasteiger partial charge in [0.1, 0.15) is 11.5 Å². The third-order valence-electron chi connectivity index (χ3n) is 3.01. The average molecular weight is 290 g/mol. The molecule has 0 spiro atoms. The summed E-state index contributed by atoms with van der Waals surface area (Å²) in [5, 5.41) is 3.94. The normalized spacial score (nSPS) is 12.2. The van der Waals surface area contributed by atoms with Crippen molar-refractivity contribution >= 4 is 27.5 Å². The van der Waals surface area contributed by atoms with E-state index in [1.165, 1.54) is 28.2 Å². The van der Waals surface area contributed by atoms with Gasteiger partial charge in [-0.25, -0.2) is 4.39 Å². The minimum absolute atomic E-state index is 0.302. The molecule has 20 heavy (non-hydrogen) atoms. The number of rotatable bonds is 1. The molecule has 0 aliphatic heterocycles. The fraction of sp³-hybridized carbons (Fsp3) is 0.154. The third-order valence-corrected chi connectivity index (χ3v) is 4.10. The van der Waals surface area contributed by atoms with E-state index in [1.807, 2.05) is 0 Å². The number of carbonyl (C=O) groups excluding carboxylic acids is 1. The van der Waals surface area contributed by atoms with Crippen LogP contribution < -0.4 is 4.80 Å². The molecule has 0 saturated heterocycles. The van der Waals surface area contributed by atoms with E-state index in [2.05, 4.69) is 10.1 Å². The zero-order valence-electron chi connectivity index (χ0n) is 10.9. The van der Waals surface area contributed by atoms with Gasteiger partial charge in [-0.15, -0.1) is 0 Å². The number of fused-ring (bicyclic) bond motifs is 1. The minimum atomic E-state index is -0.368. The van der Waals surface area contributed by atoms with Crippen LogP contribution >= 0.6 is 11.3 Å². The molecule has 0 atom stereocenters. The highest BCUT2D eigenvalue weighted by molar-refractivity contribution is 7.16. The fourth-order valence-corrected chi connectivity index (χ4v) is 2.98. The average Bonchev–Trinajstić information content (AvgIpc) is 2.95. The van der Waals surface area contributed by atoms with Gasteiger partial charge in [-0.2, -0.15) is 10.1 Å². The molecule has 5 nitrogen and oxygen atoms in total. The topological polar surface area (TPSA) is 52.2 Å². The molecule has 0 saturated carbocycles. The number of benzene rings is 1. The van der Waals surface area contributed by atoms with Crippen molar-refractivity contribution in [3.63, 3.8) is 0 Å². The van der Waals surface area contributed by atoms with Crippen LogP contribution in [-0.2, 0) is 14.1 Å². The number of hydrogen-bond acceptors (Lipinski definition) is 3. The van der Waals surface area contributed by atoms with Crippen LogP contribution in [0, 0.1) is 5.82 Å². The Morgan fingerprint density at radius 3 is 2.85 bits per heavy atom. The van der Waals surface area contributed by atoms with Gasteiger partial charge in [-0.1, -0.05) is 11.3 Å². The van der Waals surface area contributed by atoms with Crippen LogP contribution in [-0.4, -0.2) is 20.3 Å². The number of amides is 1. The zero-order valence-corrected chi connectivity index (χ0v) is 11.7. The highest BCUT2D eigenvalue weighted by atomic mass is 32.1. The van der Waals surface area contributed by atoms with E-state index in [0.29, 0.717) is 10.5 Å². The van der Waals surface area contributed by atoms with Crippen LogP contribution in [0.5, 0.6) is 0 Å². The summed E-state index contributed by atoms with van der Waals surface area (Å²) in [5.41, 5.74) is 1.25. The second-order valence-corrected chi connectivity index (χ2v) is 5.32. The number of hydrogen-bond donors (Lipinski definition) is 0. The molecule has 0 bridgehead atoms. The predicted octanol–water partition coefficient (Wildman–Crippen LogP) is 1.85. The van der Waals surface area contributed by atoms with Crippen molar-refractivity contribution in [1.82, 2.24) is 14.3 Å². The van der Waals surface area contributed by atoms with Gasteiger partial charge in [0.25, 0.3) is 5.91 Å². The van der Waals surface area contributed by atoms with Gasteiger partial charge in [0.15, 0.2) is 4.80 Å². The molecule has 0 aliphatic carbocycles. The summed E-state index contributed by atoms with van der Waals surface area (Å²) in [6.07, 6.45) is 1.54. The second kappa shape index (κ2) is 4.68. The molecule has 3 rings (SSSR count). The number of carbonyl (C=O) groups is 1. The van der Waals surface area contributed by atoms with E-state index in [-0.39, 0.29) is 11.7 Å². The van der Waals surface area contributed by atoms with Crippen molar-refractivity contribution < 1.29 is 9.18 Å². The quantitative estimate of drug-likeness (QED) is 0.687. The molecule has 0 aliphatic rings. The van der Waals surface area contributed by atoms with Crippen LogP contribution in [0.4, 0.5) is 4.39 Å². The maximum atomic E-state index is 13.2. The molecule has 7 heteroatoms. The maximum absolute atomic E-state index is 13.2. The lowest BCUT2D eigenvalue weighted by Crippen LogP contribution is -2.14. The standard InChI is InChI=1S/C13H11FN4OS/c1-17-9-4-3-8(14)7-11(9)20-13(17)16-12(19)10-5-6-15-18(10)2/h3-7H,1-2H3. The predicted molar refractivity (Wildman–Crippen MR) is 73.9 cm³/mol. The first kappa shape index (κ1) is 12.7. The van der Waals surface area contributed by atoms with Crippen molar-refractivity contribution in [3.8, 4) is 0 Å². The highest BCUT2D eigenvalue weighted by Gasteiger charge is 2.10. The molecule has 2 aromatic heterocycles. The van der Waals surface area contributed by atoms with Gasteiger partial charge in [-0.05, 0) is 24.3 Å². The number of nitrogens with zero attached hydrogens (tertiary/aromatic N) is 4. The van der Waals surface area contributed by atoms with Crippen LogP contribution in [0.1, 0.15) is 10.5 Å². The molecule has 1 amide bonds. The number of aromatic nitrogens is 3. The first-order valence-electron chi connectivity index (χ1n) is 5.88. The summed E-state index contributed by atoms with van der Waals surface area (Å²) in [6.45, 7) is 0.